The van der Waals surface area contributed by atoms with Crippen LogP contribution in [0.1, 0.15) is 19.3 Å². The summed E-state index contributed by atoms with van der Waals surface area (Å²) in [5, 5.41) is 0. The van der Waals surface area contributed by atoms with Gasteiger partial charge >= 0.3 is 0 Å². The fourth-order valence-electron chi connectivity index (χ4n) is 3.42. The van der Waals surface area contributed by atoms with E-state index in [9.17, 15) is 0 Å². The van der Waals surface area contributed by atoms with Crippen molar-refractivity contribution in [2.24, 2.45) is 7.05 Å². The second kappa shape index (κ2) is 5.95. The molecule has 3 aromatic rings. The Balaban J connectivity index is 1.78. The SMILES string of the molecule is Cn1ccc(-c2nccn2-c2ccccc2N2CCCCC2)c1. The minimum absolute atomic E-state index is 0.995. The molecule has 0 unspecified atom stereocenters. The first kappa shape index (κ1) is 14.1. The molecule has 0 saturated carbocycles. The van der Waals surface area contributed by atoms with Gasteiger partial charge in [-0.15, -0.1) is 0 Å². The molecule has 1 aromatic carbocycles. The van der Waals surface area contributed by atoms with Gasteiger partial charge in [0.2, 0.25) is 0 Å². The number of anilines is 1. The first-order valence-electron chi connectivity index (χ1n) is 8.33. The van der Waals surface area contributed by atoms with Gasteiger partial charge in [-0.1, -0.05) is 12.1 Å². The van der Waals surface area contributed by atoms with Crippen LogP contribution in [0, 0.1) is 0 Å². The highest BCUT2D eigenvalue weighted by molar-refractivity contribution is 5.67. The summed E-state index contributed by atoms with van der Waals surface area (Å²) in [7, 11) is 2.04. The highest BCUT2D eigenvalue weighted by atomic mass is 15.2. The van der Waals surface area contributed by atoms with Crippen LogP contribution in [0.4, 0.5) is 5.69 Å². The van der Waals surface area contributed by atoms with Crippen LogP contribution < -0.4 is 4.90 Å². The van der Waals surface area contributed by atoms with E-state index in [1.807, 2.05) is 13.2 Å². The van der Waals surface area contributed by atoms with Gasteiger partial charge in [0.1, 0.15) is 5.82 Å². The predicted molar refractivity (Wildman–Crippen MR) is 94.0 cm³/mol. The van der Waals surface area contributed by atoms with Gasteiger partial charge in [0.05, 0.1) is 11.4 Å². The zero-order valence-corrected chi connectivity index (χ0v) is 13.5. The number of para-hydroxylation sites is 2. The van der Waals surface area contributed by atoms with E-state index < -0.39 is 0 Å². The van der Waals surface area contributed by atoms with E-state index in [1.54, 1.807) is 0 Å². The molecule has 4 rings (SSSR count). The third kappa shape index (κ3) is 2.65. The molecule has 0 spiro atoms. The van der Waals surface area contributed by atoms with Crippen LogP contribution in [0.15, 0.2) is 55.1 Å². The number of aromatic nitrogens is 3. The second-order valence-corrected chi connectivity index (χ2v) is 6.22. The zero-order valence-electron chi connectivity index (χ0n) is 13.5. The van der Waals surface area contributed by atoms with Crippen molar-refractivity contribution in [1.29, 1.82) is 0 Å². The normalized spacial score (nSPS) is 15.1. The Hall–Kier alpha value is -2.49. The molecular formula is C19H22N4. The maximum absolute atomic E-state index is 4.59. The molecule has 0 radical (unpaired) electrons. The van der Waals surface area contributed by atoms with E-state index in [1.165, 1.54) is 30.6 Å². The van der Waals surface area contributed by atoms with Crippen molar-refractivity contribution in [2.75, 3.05) is 18.0 Å². The lowest BCUT2D eigenvalue weighted by molar-refractivity contribution is 0.577. The number of nitrogens with zero attached hydrogens (tertiary/aromatic N) is 4. The van der Waals surface area contributed by atoms with Gasteiger partial charge in [-0.3, -0.25) is 4.57 Å². The van der Waals surface area contributed by atoms with Crippen molar-refractivity contribution in [3.05, 3.63) is 55.1 Å². The lowest BCUT2D eigenvalue weighted by atomic mass is 10.1. The molecule has 4 heteroatoms. The third-order valence-corrected chi connectivity index (χ3v) is 4.57. The Morgan fingerprint density at radius 2 is 1.70 bits per heavy atom. The molecule has 118 valence electrons. The number of piperidine rings is 1. The first-order chi connectivity index (χ1) is 11.3. The van der Waals surface area contributed by atoms with E-state index in [2.05, 4.69) is 67.9 Å². The number of hydrogen-bond acceptors (Lipinski definition) is 2. The van der Waals surface area contributed by atoms with E-state index in [0.717, 1.165) is 24.5 Å². The van der Waals surface area contributed by atoms with Crippen molar-refractivity contribution < 1.29 is 0 Å². The minimum atomic E-state index is 0.995. The molecule has 1 saturated heterocycles. The molecule has 0 amide bonds. The maximum atomic E-state index is 4.59. The van der Waals surface area contributed by atoms with Gasteiger partial charge in [-0.05, 0) is 37.5 Å². The van der Waals surface area contributed by atoms with E-state index in [4.69, 9.17) is 0 Å². The summed E-state index contributed by atoms with van der Waals surface area (Å²) in [4.78, 5) is 7.10. The standard InChI is InChI=1S/C19H22N4/c1-21-13-9-16(15-21)19-20-10-14-23(19)18-8-4-3-7-17(18)22-11-5-2-6-12-22/h3-4,7-10,13-15H,2,5-6,11-12H2,1H3. The first-order valence-corrected chi connectivity index (χ1v) is 8.33. The van der Waals surface area contributed by atoms with Gasteiger partial charge < -0.3 is 9.47 Å². The quantitative estimate of drug-likeness (QED) is 0.734. The summed E-state index contributed by atoms with van der Waals surface area (Å²) < 4.78 is 4.27. The molecule has 1 aliphatic rings. The number of benzene rings is 1. The topological polar surface area (TPSA) is 26.0 Å². The Morgan fingerprint density at radius 3 is 2.43 bits per heavy atom. The molecule has 23 heavy (non-hydrogen) atoms. The van der Waals surface area contributed by atoms with Crippen LogP contribution >= 0.6 is 0 Å². The number of hydrogen-bond donors (Lipinski definition) is 0. The average molecular weight is 306 g/mol. The van der Waals surface area contributed by atoms with Crippen LogP contribution in [0.2, 0.25) is 0 Å². The number of rotatable bonds is 3. The van der Waals surface area contributed by atoms with Crippen LogP contribution in [-0.4, -0.2) is 27.2 Å². The maximum Gasteiger partial charge on any atom is 0.146 e. The van der Waals surface area contributed by atoms with Crippen molar-refractivity contribution >= 4 is 5.69 Å². The lowest BCUT2D eigenvalue weighted by Crippen LogP contribution is -2.30. The molecule has 0 N–H and O–H groups in total. The molecular weight excluding hydrogens is 284 g/mol. The number of aryl methyl sites for hydroxylation is 1. The van der Waals surface area contributed by atoms with E-state index >= 15 is 0 Å². The van der Waals surface area contributed by atoms with Crippen molar-refractivity contribution in [3.8, 4) is 17.1 Å². The summed E-state index contributed by atoms with van der Waals surface area (Å²) in [6.45, 7) is 2.29. The lowest BCUT2D eigenvalue weighted by Gasteiger charge is -2.30. The van der Waals surface area contributed by atoms with Crippen molar-refractivity contribution in [3.63, 3.8) is 0 Å². The summed E-state index contributed by atoms with van der Waals surface area (Å²) in [5.41, 5.74) is 3.67. The van der Waals surface area contributed by atoms with Gasteiger partial charge in [0, 0.05) is 50.5 Å². The molecule has 4 nitrogen and oxygen atoms in total. The Kier molecular flexibility index (Phi) is 3.66. The highest BCUT2D eigenvalue weighted by Crippen LogP contribution is 2.30. The van der Waals surface area contributed by atoms with Gasteiger partial charge in [0.25, 0.3) is 0 Å². The van der Waals surface area contributed by atoms with E-state index in [-0.39, 0.29) is 0 Å². The van der Waals surface area contributed by atoms with Crippen LogP contribution in [0.3, 0.4) is 0 Å². The smallest absolute Gasteiger partial charge is 0.146 e. The fourth-order valence-corrected chi connectivity index (χ4v) is 3.42. The van der Waals surface area contributed by atoms with Gasteiger partial charge in [-0.2, -0.15) is 0 Å². The fraction of sp³-hybridized carbons (Fsp3) is 0.316. The van der Waals surface area contributed by atoms with Crippen LogP contribution in [0.5, 0.6) is 0 Å². The van der Waals surface area contributed by atoms with Gasteiger partial charge in [-0.25, -0.2) is 4.98 Å². The van der Waals surface area contributed by atoms with Crippen LogP contribution in [-0.2, 0) is 7.05 Å². The summed E-state index contributed by atoms with van der Waals surface area (Å²) in [6.07, 6.45) is 12.0. The third-order valence-electron chi connectivity index (χ3n) is 4.57. The largest absolute Gasteiger partial charge is 0.370 e. The Morgan fingerprint density at radius 1 is 0.913 bits per heavy atom. The molecule has 3 heterocycles. The van der Waals surface area contributed by atoms with Gasteiger partial charge in [0.15, 0.2) is 0 Å². The average Bonchev–Trinajstić information content (AvgIpc) is 3.24. The molecule has 2 aromatic heterocycles. The molecule has 0 bridgehead atoms. The zero-order chi connectivity index (χ0) is 15.6. The minimum Gasteiger partial charge on any atom is -0.370 e. The molecule has 1 fully saturated rings. The summed E-state index contributed by atoms with van der Waals surface area (Å²) >= 11 is 0. The van der Waals surface area contributed by atoms with Crippen LogP contribution in [0.25, 0.3) is 17.1 Å². The summed E-state index contributed by atoms with van der Waals surface area (Å²) in [5.74, 6) is 0.995. The molecule has 1 aliphatic heterocycles. The predicted octanol–water partition coefficient (Wildman–Crippen LogP) is 3.87. The van der Waals surface area contributed by atoms with E-state index in [0.29, 0.717) is 0 Å². The van der Waals surface area contributed by atoms with Crippen molar-refractivity contribution in [1.82, 2.24) is 14.1 Å². The Bertz CT molecular complexity index is 793. The molecule has 0 atom stereocenters. The Labute approximate surface area is 137 Å². The monoisotopic (exact) mass is 306 g/mol. The second-order valence-electron chi connectivity index (χ2n) is 6.22. The number of imidazole rings is 1. The summed E-state index contributed by atoms with van der Waals surface area (Å²) in [6, 6.07) is 10.8. The molecule has 0 aliphatic carbocycles. The van der Waals surface area contributed by atoms with Crippen molar-refractivity contribution in [2.45, 2.75) is 19.3 Å². The highest BCUT2D eigenvalue weighted by Gasteiger charge is 2.17.